The van der Waals surface area contributed by atoms with Crippen molar-refractivity contribution in [2.45, 2.75) is 6.54 Å². The van der Waals surface area contributed by atoms with Crippen LogP contribution in [0.5, 0.6) is 5.75 Å². The van der Waals surface area contributed by atoms with E-state index < -0.39 is 0 Å². The van der Waals surface area contributed by atoms with E-state index in [-0.39, 0.29) is 18.3 Å². The molecule has 2 aromatic rings. The molecule has 1 amide bonds. The third-order valence-electron chi connectivity index (χ3n) is 4.10. The Morgan fingerprint density at radius 1 is 1.31 bits per heavy atom. The van der Waals surface area contributed by atoms with Gasteiger partial charge in [0.25, 0.3) is 0 Å². The van der Waals surface area contributed by atoms with Crippen molar-refractivity contribution in [2.75, 3.05) is 46.9 Å². The Kier molecular flexibility index (Phi) is 7.38. The van der Waals surface area contributed by atoms with Crippen molar-refractivity contribution in [1.82, 2.24) is 25.3 Å². The average Bonchev–Trinajstić information content (AvgIpc) is 3.10. The van der Waals surface area contributed by atoms with Gasteiger partial charge in [-0.2, -0.15) is 4.98 Å². The number of piperazine rings is 1. The molecular weight excluding hydrogens is 358 g/mol. The maximum atomic E-state index is 12.3. The predicted molar refractivity (Wildman–Crippen MR) is 99.3 cm³/mol. The first kappa shape index (κ1) is 20.2. The van der Waals surface area contributed by atoms with E-state index in [0.717, 1.165) is 37.5 Å². The van der Waals surface area contributed by atoms with Gasteiger partial charge < -0.3 is 19.5 Å². The number of benzene rings is 1. The Morgan fingerprint density at radius 3 is 2.65 bits per heavy atom. The number of nitrogens with one attached hydrogen (secondary N) is 1. The zero-order valence-electron chi connectivity index (χ0n) is 15.0. The number of hydrogen-bond acceptors (Lipinski definition) is 7. The molecule has 2 heterocycles. The van der Waals surface area contributed by atoms with Crippen LogP contribution in [-0.2, 0) is 11.3 Å². The van der Waals surface area contributed by atoms with Crippen LogP contribution in [0, 0.1) is 0 Å². The molecule has 0 bridgehead atoms. The number of amides is 1. The van der Waals surface area contributed by atoms with E-state index in [1.54, 1.807) is 7.11 Å². The summed E-state index contributed by atoms with van der Waals surface area (Å²) in [4.78, 5) is 20.4. The fraction of sp³-hybridized carbons (Fsp3) is 0.471. The van der Waals surface area contributed by atoms with Gasteiger partial charge in [-0.3, -0.25) is 9.69 Å². The summed E-state index contributed by atoms with van der Waals surface area (Å²) < 4.78 is 10.4. The molecule has 3 rings (SSSR count). The first-order valence-corrected chi connectivity index (χ1v) is 8.30. The summed E-state index contributed by atoms with van der Waals surface area (Å²) in [7, 11) is 3.50. The van der Waals surface area contributed by atoms with Crippen molar-refractivity contribution in [3.05, 3.63) is 30.2 Å². The Morgan fingerprint density at radius 2 is 2.00 bits per heavy atom. The third-order valence-corrected chi connectivity index (χ3v) is 4.10. The molecule has 0 unspecified atom stereocenters. The van der Waals surface area contributed by atoms with Crippen molar-refractivity contribution in [1.29, 1.82) is 0 Å². The topological polar surface area (TPSA) is 83.7 Å². The number of methoxy groups -OCH3 is 1. The number of aromatic nitrogens is 2. The van der Waals surface area contributed by atoms with E-state index in [0.29, 0.717) is 24.8 Å². The smallest absolute Gasteiger partial charge is 0.241 e. The van der Waals surface area contributed by atoms with E-state index in [4.69, 9.17) is 9.26 Å². The van der Waals surface area contributed by atoms with Crippen LogP contribution in [0.2, 0.25) is 0 Å². The lowest BCUT2D eigenvalue weighted by Crippen LogP contribution is -2.49. The second kappa shape index (κ2) is 9.51. The lowest BCUT2D eigenvalue weighted by Gasteiger charge is -2.28. The molecule has 1 fully saturated rings. The van der Waals surface area contributed by atoms with E-state index in [1.165, 1.54) is 0 Å². The van der Waals surface area contributed by atoms with E-state index in [1.807, 2.05) is 41.1 Å². The summed E-state index contributed by atoms with van der Waals surface area (Å²) in [6.07, 6.45) is 0. The predicted octanol–water partition coefficient (Wildman–Crippen LogP) is 1.03. The lowest BCUT2D eigenvalue weighted by molar-refractivity contribution is -0.132. The Bertz CT molecular complexity index is 701. The van der Waals surface area contributed by atoms with Crippen molar-refractivity contribution in [3.63, 3.8) is 0 Å². The highest BCUT2D eigenvalue weighted by molar-refractivity contribution is 5.85. The molecule has 1 aromatic carbocycles. The molecule has 0 saturated carbocycles. The Labute approximate surface area is 158 Å². The molecule has 142 valence electrons. The summed E-state index contributed by atoms with van der Waals surface area (Å²) in [6, 6.07) is 7.46. The molecule has 0 spiro atoms. The van der Waals surface area contributed by atoms with Crippen LogP contribution < -0.4 is 10.1 Å². The highest BCUT2D eigenvalue weighted by Crippen LogP contribution is 2.19. The van der Waals surface area contributed by atoms with Crippen LogP contribution in [0.25, 0.3) is 11.4 Å². The molecule has 1 saturated heterocycles. The standard InChI is InChI=1S/C17H23N5O3.ClH/c1-21(12-16(23)22-9-7-18-8-10-22)11-15-19-17(20-25-15)13-3-5-14(24-2)6-4-13;/h3-6,18H,7-12H2,1-2H3;1H. The third kappa shape index (κ3) is 5.17. The summed E-state index contributed by atoms with van der Waals surface area (Å²) in [6.45, 7) is 3.99. The van der Waals surface area contributed by atoms with Crippen molar-refractivity contribution in [3.8, 4) is 17.1 Å². The minimum Gasteiger partial charge on any atom is -0.497 e. The van der Waals surface area contributed by atoms with Crippen LogP contribution in [0.3, 0.4) is 0 Å². The molecule has 1 N–H and O–H groups in total. The van der Waals surface area contributed by atoms with Gasteiger partial charge in [0, 0.05) is 31.7 Å². The molecular formula is C17H24ClN5O3. The van der Waals surface area contributed by atoms with E-state index >= 15 is 0 Å². The van der Waals surface area contributed by atoms with Gasteiger partial charge in [-0.1, -0.05) is 5.16 Å². The fourth-order valence-corrected chi connectivity index (χ4v) is 2.71. The number of rotatable bonds is 6. The molecule has 9 heteroatoms. The van der Waals surface area contributed by atoms with Gasteiger partial charge in [-0.05, 0) is 31.3 Å². The summed E-state index contributed by atoms with van der Waals surface area (Å²) in [5.41, 5.74) is 0.857. The SMILES string of the molecule is COc1ccc(-c2noc(CN(C)CC(=O)N3CCNCC3)n2)cc1.Cl. The molecule has 0 radical (unpaired) electrons. The zero-order valence-corrected chi connectivity index (χ0v) is 15.8. The van der Waals surface area contributed by atoms with Gasteiger partial charge in [0.05, 0.1) is 20.2 Å². The molecule has 1 aromatic heterocycles. The fourth-order valence-electron chi connectivity index (χ4n) is 2.71. The average molecular weight is 382 g/mol. The van der Waals surface area contributed by atoms with Gasteiger partial charge >= 0.3 is 0 Å². The lowest BCUT2D eigenvalue weighted by atomic mass is 10.2. The van der Waals surface area contributed by atoms with Crippen LogP contribution in [0.4, 0.5) is 0 Å². The number of carbonyl (C=O) groups excluding carboxylic acids is 1. The largest absolute Gasteiger partial charge is 0.497 e. The van der Waals surface area contributed by atoms with Gasteiger partial charge in [-0.15, -0.1) is 12.4 Å². The normalized spacial score (nSPS) is 14.2. The van der Waals surface area contributed by atoms with Gasteiger partial charge in [-0.25, -0.2) is 0 Å². The first-order valence-electron chi connectivity index (χ1n) is 8.30. The zero-order chi connectivity index (χ0) is 17.6. The number of hydrogen-bond donors (Lipinski definition) is 1. The molecule has 0 aliphatic carbocycles. The first-order chi connectivity index (χ1) is 12.2. The maximum absolute atomic E-state index is 12.3. The summed E-state index contributed by atoms with van der Waals surface area (Å²) in [5.74, 6) is 1.92. The quantitative estimate of drug-likeness (QED) is 0.800. The minimum atomic E-state index is 0. The number of nitrogens with zero attached hydrogens (tertiary/aromatic N) is 4. The van der Waals surface area contributed by atoms with Crippen LogP contribution in [0.15, 0.2) is 28.8 Å². The number of carbonyl (C=O) groups is 1. The maximum Gasteiger partial charge on any atom is 0.241 e. The minimum absolute atomic E-state index is 0. The second-order valence-electron chi connectivity index (χ2n) is 6.04. The summed E-state index contributed by atoms with van der Waals surface area (Å²) in [5, 5.41) is 7.25. The highest BCUT2D eigenvalue weighted by Gasteiger charge is 2.19. The van der Waals surface area contributed by atoms with Crippen LogP contribution in [0.1, 0.15) is 5.89 Å². The Balaban J connectivity index is 0.00000243. The number of likely N-dealkylation sites (N-methyl/N-ethyl adjacent to an activating group) is 1. The molecule has 0 atom stereocenters. The number of ether oxygens (including phenoxy) is 1. The summed E-state index contributed by atoms with van der Waals surface area (Å²) >= 11 is 0. The molecule has 8 nitrogen and oxygen atoms in total. The Hall–Kier alpha value is -2.16. The van der Waals surface area contributed by atoms with Gasteiger partial charge in [0.2, 0.25) is 17.6 Å². The molecule has 26 heavy (non-hydrogen) atoms. The van der Waals surface area contributed by atoms with Crippen LogP contribution >= 0.6 is 12.4 Å². The van der Waals surface area contributed by atoms with Gasteiger partial charge in [0.15, 0.2) is 0 Å². The second-order valence-corrected chi connectivity index (χ2v) is 6.04. The molecule has 1 aliphatic rings. The highest BCUT2D eigenvalue weighted by atomic mass is 35.5. The van der Waals surface area contributed by atoms with E-state index in [9.17, 15) is 4.79 Å². The van der Waals surface area contributed by atoms with Crippen molar-refractivity contribution >= 4 is 18.3 Å². The number of halogens is 1. The van der Waals surface area contributed by atoms with E-state index in [2.05, 4.69) is 15.5 Å². The van der Waals surface area contributed by atoms with Gasteiger partial charge in [0.1, 0.15) is 5.75 Å². The van der Waals surface area contributed by atoms with Crippen molar-refractivity contribution < 1.29 is 14.1 Å². The molecule has 1 aliphatic heterocycles. The van der Waals surface area contributed by atoms with Crippen molar-refractivity contribution in [2.24, 2.45) is 0 Å². The van der Waals surface area contributed by atoms with Crippen LogP contribution in [-0.4, -0.2) is 72.7 Å². The monoisotopic (exact) mass is 381 g/mol.